The maximum absolute atomic E-state index is 3.46. The highest BCUT2D eigenvalue weighted by Gasteiger charge is 2.23. The van der Waals surface area contributed by atoms with Crippen LogP contribution >= 0.6 is 0 Å². The lowest BCUT2D eigenvalue weighted by molar-refractivity contribution is 1.04. The first kappa shape index (κ1) is 19.8. The van der Waals surface area contributed by atoms with E-state index in [0.717, 1.165) is 5.92 Å². The molecule has 0 heteroatoms. The fraction of sp³-hybridized carbons (Fsp3) is 0.368. The molecule has 106 valence electrons. The van der Waals surface area contributed by atoms with E-state index in [9.17, 15) is 0 Å². The number of allylic oxidation sites excluding steroid dienone is 10. The molecule has 0 saturated heterocycles. The van der Waals surface area contributed by atoms with Gasteiger partial charge in [0.15, 0.2) is 0 Å². The van der Waals surface area contributed by atoms with Crippen LogP contribution in [0.3, 0.4) is 0 Å². The average Bonchev–Trinajstić information content (AvgIpc) is 3.29. The Balaban J connectivity index is 0. The minimum Gasteiger partial charge on any atom is -0.0991 e. The van der Waals surface area contributed by atoms with Crippen molar-refractivity contribution in [3.05, 3.63) is 73.4 Å². The molecule has 0 radical (unpaired) electrons. The smallest absolute Gasteiger partial charge is 0.0165 e. The van der Waals surface area contributed by atoms with Crippen LogP contribution in [0, 0.1) is 5.92 Å². The second-order valence-electron chi connectivity index (χ2n) is 3.80. The molecule has 1 rings (SSSR count). The molecule has 0 spiro atoms. The van der Waals surface area contributed by atoms with Crippen molar-refractivity contribution in [2.45, 2.75) is 40.5 Å². The third-order valence-corrected chi connectivity index (χ3v) is 2.36. The molecule has 0 amide bonds. The van der Waals surface area contributed by atoms with Crippen LogP contribution in [0.4, 0.5) is 0 Å². The molecule has 0 unspecified atom stereocenters. The number of hydrogen-bond acceptors (Lipinski definition) is 0. The molecular weight excluding hydrogens is 228 g/mol. The van der Waals surface area contributed by atoms with Crippen LogP contribution in [-0.4, -0.2) is 0 Å². The highest BCUT2D eigenvalue weighted by atomic mass is 14.3. The molecule has 0 aromatic carbocycles. The lowest BCUT2D eigenvalue weighted by Crippen LogP contribution is -1.77. The fourth-order valence-electron chi connectivity index (χ4n) is 1.32. The maximum atomic E-state index is 3.46. The summed E-state index contributed by atoms with van der Waals surface area (Å²) in [6.07, 6.45) is 20.5. The number of rotatable bonds is 5. The second-order valence-corrected chi connectivity index (χ2v) is 3.80. The minimum atomic E-state index is 0.876. The molecule has 0 N–H and O–H groups in total. The molecule has 1 fully saturated rings. The molecule has 0 aliphatic heterocycles. The summed E-state index contributed by atoms with van der Waals surface area (Å²) in [5.41, 5.74) is 1.50. The van der Waals surface area contributed by atoms with Gasteiger partial charge in [-0.25, -0.2) is 0 Å². The molecule has 1 aliphatic rings. The SMILES string of the molecule is C=C/C=C\C=C.CC.C\C=C/C=C\C(=C/C)C1CC1. The summed E-state index contributed by atoms with van der Waals surface area (Å²) in [5.74, 6) is 0.876. The van der Waals surface area contributed by atoms with Gasteiger partial charge in [-0.3, -0.25) is 0 Å². The van der Waals surface area contributed by atoms with Crippen molar-refractivity contribution in [3.63, 3.8) is 0 Å². The van der Waals surface area contributed by atoms with Crippen LogP contribution in [0.1, 0.15) is 40.5 Å². The largest absolute Gasteiger partial charge is 0.0991 e. The van der Waals surface area contributed by atoms with Crippen molar-refractivity contribution in [2.24, 2.45) is 5.92 Å². The van der Waals surface area contributed by atoms with Gasteiger partial charge in [0.2, 0.25) is 0 Å². The van der Waals surface area contributed by atoms with Crippen molar-refractivity contribution >= 4 is 0 Å². The predicted molar refractivity (Wildman–Crippen MR) is 91.3 cm³/mol. The van der Waals surface area contributed by atoms with E-state index in [4.69, 9.17) is 0 Å². The van der Waals surface area contributed by atoms with E-state index >= 15 is 0 Å². The summed E-state index contributed by atoms with van der Waals surface area (Å²) in [6, 6.07) is 0. The van der Waals surface area contributed by atoms with Crippen LogP contribution in [0.15, 0.2) is 73.4 Å². The Morgan fingerprint density at radius 2 is 1.42 bits per heavy atom. The first-order valence-electron chi connectivity index (χ1n) is 7.15. The molecule has 19 heavy (non-hydrogen) atoms. The summed E-state index contributed by atoms with van der Waals surface area (Å²) in [5, 5.41) is 0. The van der Waals surface area contributed by atoms with E-state index in [-0.39, 0.29) is 0 Å². The molecule has 0 bridgehead atoms. The van der Waals surface area contributed by atoms with Gasteiger partial charge in [0.25, 0.3) is 0 Å². The zero-order chi connectivity index (χ0) is 14.9. The van der Waals surface area contributed by atoms with E-state index in [0.29, 0.717) is 0 Å². The molecule has 0 aromatic heterocycles. The molecular formula is C19H30. The van der Waals surface area contributed by atoms with Crippen molar-refractivity contribution in [1.29, 1.82) is 0 Å². The summed E-state index contributed by atoms with van der Waals surface area (Å²) in [7, 11) is 0. The normalized spacial score (nSPS) is 14.8. The summed E-state index contributed by atoms with van der Waals surface area (Å²) in [6.45, 7) is 15.1. The Labute approximate surface area is 120 Å². The highest BCUT2D eigenvalue weighted by molar-refractivity contribution is 5.27. The lowest BCUT2D eigenvalue weighted by Gasteiger charge is -1.93. The van der Waals surface area contributed by atoms with Crippen LogP contribution in [0.2, 0.25) is 0 Å². The van der Waals surface area contributed by atoms with E-state index < -0.39 is 0 Å². The lowest BCUT2D eigenvalue weighted by atomic mass is 10.1. The van der Waals surface area contributed by atoms with Gasteiger partial charge in [0.05, 0.1) is 0 Å². The van der Waals surface area contributed by atoms with Crippen molar-refractivity contribution in [2.75, 3.05) is 0 Å². The number of hydrogen-bond donors (Lipinski definition) is 0. The monoisotopic (exact) mass is 258 g/mol. The molecule has 1 aliphatic carbocycles. The van der Waals surface area contributed by atoms with Crippen molar-refractivity contribution < 1.29 is 0 Å². The molecule has 0 atom stereocenters. The molecule has 0 nitrogen and oxygen atoms in total. The van der Waals surface area contributed by atoms with Gasteiger partial charge < -0.3 is 0 Å². The van der Waals surface area contributed by atoms with Crippen LogP contribution < -0.4 is 0 Å². The summed E-state index contributed by atoms with van der Waals surface area (Å²) >= 11 is 0. The Bertz CT molecular complexity index is 310. The average molecular weight is 258 g/mol. The summed E-state index contributed by atoms with van der Waals surface area (Å²) < 4.78 is 0. The maximum Gasteiger partial charge on any atom is -0.0165 e. The van der Waals surface area contributed by atoms with Crippen LogP contribution in [0.5, 0.6) is 0 Å². The molecule has 0 aromatic rings. The predicted octanol–water partition coefficient (Wildman–Crippen LogP) is 6.42. The van der Waals surface area contributed by atoms with E-state index in [1.165, 1.54) is 18.4 Å². The molecule has 1 saturated carbocycles. The van der Waals surface area contributed by atoms with Gasteiger partial charge in [-0.05, 0) is 38.2 Å². The third-order valence-electron chi connectivity index (χ3n) is 2.36. The topological polar surface area (TPSA) is 0 Å². The Morgan fingerprint density at radius 3 is 1.74 bits per heavy atom. The summed E-state index contributed by atoms with van der Waals surface area (Å²) in [4.78, 5) is 0. The Hall–Kier alpha value is -1.56. The van der Waals surface area contributed by atoms with Crippen molar-refractivity contribution in [1.82, 2.24) is 0 Å². The highest BCUT2D eigenvalue weighted by Crippen LogP contribution is 2.36. The van der Waals surface area contributed by atoms with Gasteiger partial charge >= 0.3 is 0 Å². The molecule has 0 heterocycles. The third kappa shape index (κ3) is 14.4. The minimum absolute atomic E-state index is 0.876. The van der Waals surface area contributed by atoms with Gasteiger partial charge in [-0.1, -0.05) is 81.7 Å². The van der Waals surface area contributed by atoms with Gasteiger partial charge in [0.1, 0.15) is 0 Å². The fourth-order valence-corrected chi connectivity index (χ4v) is 1.32. The van der Waals surface area contributed by atoms with Crippen molar-refractivity contribution in [3.8, 4) is 0 Å². The van der Waals surface area contributed by atoms with Crippen LogP contribution in [0.25, 0.3) is 0 Å². The van der Waals surface area contributed by atoms with Gasteiger partial charge in [-0.15, -0.1) is 0 Å². The van der Waals surface area contributed by atoms with E-state index in [1.807, 2.05) is 32.9 Å². The Morgan fingerprint density at radius 1 is 0.895 bits per heavy atom. The standard InChI is InChI=1S/C11H16.C6H8.C2H6/c1-3-5-6-7-10(4-2)11-8-9-11;1-3-5-6-4-2;1-2/h3-7,11H,8-9H2,1-2H3;3-6H,1-2H2;1-2H3/b5-3-,7-6-,10-4+;6-5-;. The van der Waals surface area contributed by atoms with Crippen LogP contribution in [-0.2, 0) is 0 Å². The zero-order valence-electron chi connectivity index (χ0n) is 13.1. The van der Waals surface area contributed by atoms with E-state index in [1.54, 1.807) is 12.2 Å². The zero-order valence-corrected chi connectivity index (χ0v) is 13.1. The first-order chi connectivity index (χ1) is 9.29. The van der Waals surface area contributed by atoms with Gasteiger partial charge in [-0.2, -0.15) is 0 Å². The van der Waals surface area contributed by atoms with Gasteiger partial charge in [0, 0.05) is 0 Å². The Kier molecular flexibility index (Phi) is 17.1. The second kappa shape index (κ2) is 16.4. The quantitative estimate of drug-likeness (QED) is 0.499. The van der Waals surface area contributed by atoms with E-state index in [2.05, 4.69) is 50.5 Å². The first-order valence-corrected chi connectivity index (χ1v) is 7.15.